The van der Waals surface area contributed by atoms with Crippen molar-refractivity contribution in [2.24, 2.45) is 5.73 Å². The summed E-state index contributed by atoms with van der Waals surface area (Å²) >= 11 is 0. The third-order valence-corrected chi connectivity index (χ3v) is 3.34. The zero-order valence-corrected chi connectivity index (χ0v) is 12.2. The fraction of sp³-hybridized carbons (Fsp3) is 0.375. The van der Waals surface area contributed by atoms with Crippen LogP contribution in [0.25, 0.3) is 10.9 Å². The number of nitrogens with two attached hydrogens (primary N) is 1. The molecule has 0 saturated heterocycles. The van der Waals surface area contributed by atoms with Crippen molar-refractivity contribution < 1.29 is 0 Å². The van der Waals surface area contributed by atoms with E-state index in [0.717, 1.165) is 48.1 Å². The third-order valence-electron chi connectivity index (χ3n) is 3.34. The van der Waals surface area contributed by atoms with Crippen LogP contribution in [0.1, 0.15) is 32.3 Å². The van der Waals surface area contributed by atoms with Gasteiger partial charge in [-0.2, -0.15) is 0 Å². The van der Waals surface area contributed by atoms with Crippen LogP contribution in [0.3, 0.4) is 0 Å². The van der Waals surface area contributed by atoms with Crippen LogP contribution >= 0.6 is 0 Å². The van der Waals surface area contributed by atoms with Crippen molar-refractivity contribution in [2.45, 2.75) is 26.7 Å². The molecule has 106 valence electrons. The molecule has 1 aromatic heterocycles. The number of rotatable bonds is 6. The molecule has 3 N–H and O–H groups in total. The monoisotopic (exact) mass is 270 g/mol. The SMILES string of the molecule is CCCN(CCC)c1c(C(=N)N)cnc2ccccc12. The predicted molar refractivity (Wildman–Crippen MR) is 85.6 cm³/mol. The Hall–Kier alpha value is -2.10. The number of fused-ring (bicyclic) bond motifs is 1. The molecular weight excluding hydrogens is 248 g/mol. The van der Waals surface area contributed by atoms with Crippen molar-refractivity contribution in [3.05, 3.63) is 36.0 Å². The first-order valence-electron chi connectivity index (χ1n) is 7.16. The molecule has 0 saturated carbocycles. The van der Waals surface area contributed by atoms with Gasteiger partial charge in [0.05, 0.1) is 16.8 Å². The lowest BCUT2D eigenvalue weighted by molar-refractivity contribution is 0.746. The van der Waals surface area contributed by atoms with Gasteiger partial charge in [-0.1, -0.05) is 32.0 Å². The van der Waals surface area contributed by atoms with Gasteiger partial charge in [-0.15, -0.1) is 0 Å². The Balaban J connectivity index is 2.67. The molecular formula is C16H22N4. The molecule has 0 bridgehead atoms. The number of amidine groups is 1. The Kier molecular flexibility index (Phi) is 4.56. The summed E-state index contributed by atoms with van der Waals surface area (Å²) in [7, 11) is 0. The van der Waals surface area contributed by atoms with Crippen LogP contribution in [-0.4, -0.2) is 23.9 Å². The number of hydrogen-bond donors (Lipinski definition) is 2. The molecule has 0 aliphatic heterocycles. The summed E-state index contributed by atoms with van der Waals surface area (Å²) in [6.45, 7) is 6.25. The largest absolute Gasteiger partial charge is 0.384 e. The molecule has 0 unspecified atom stereocenters. The smallest absolute Gasteiger partial charge is 0.126 e. The van der Waals surface area contributed by atoms with Crippen molar-refractivity contribution in [1.29, 1.82) is 5.41 Å². The van der Waals surface area contributed by atoms with E-state index < -0.39 is 0 Å². The number of nitrogens with one attached hydrogen (secondary N) is 1. The zero-order chi connectivity index (χ0) is 14.5. The van der Waals surface area contributed by atoms with E-state index >= 15 is 0 Å². The summed E-state index contributed by atoms with van der Waals surface area (Å²) in [4.78, 5) is 6.74. The van der Waals surface area contributed by atoms with Crippen LogP contribution in [0.2, 0.25) is 0 Å². The summed E-state index contributed by atoms with van der Waals surface area (Å²) in [5.41, 5.74) is 8.48. The fourth-order valence-corrected chi connectivity index (χ4v) is 2.54. The normalized spacial score (nSPS) is 10.7. The minimum Gasteiger partial charge on any atom is -0.384 e. The summed E-state index contributed by atoms with van der Waals surface area (Å²) in [6, 6.07) is 8.05. The molecule has 2 rings (SSSR count). The number of pyridine rings is 1. The van der Waals surface area contributed by atoms with Gasteiger partial charge >= 0.3 is 0 Å². The lowest BCUT2D eigenvalue weighted by atomic mass is 10.1. The van der Waals surface area contributed by atoms with E-state index in [2.05, 4.69) is 29.8 Å². The van der Waals surface area contributed by atoms with Gasteiger partial charge in [0, 0.05) is 24.7 Å². The Labute approximate surface area is 120 Å². The maximum Gasteiger partial charge on any atom is 0.126 e. The third kappa shape index (κ3) is 2.74. The number of nitrogen functional groups attached to an aromatic ring is 1. The molecule has 0 fully saturated rings. The Bertz CT molecular complexity index is 600. The van der Waals surface area contributed by atoms with Gasteiger partial charge in [-0.05, 0) is 18.9 Å². The first-order chi connectivity index (χ1) is 9.69. The topological polar surface area (TPSA) is 66.0 Å². The van der Waals surface area contributed by atoms with Crippen molar-refractivity contribution in [3.63, 3.8) is 0 Å². The van der Waals surface area contributed by atoms with Gasteiger partial charge in [-0.3, -0.25) is 10.4 Å². The van der Waals surface area contributed by atoms with Crippen LogP contribution in [-0.2, 0) is 0 Å². The van der Waals surface area contributed by atoms with Gasteiger partial charge in [0.2, 0.25) is 0 Å². The second-order valence-electron chi connectivity index (χ2n) is 4.94. The Morgan fingerprint density at radius 3 is 2.45 bits per heavy atom. The molecule has 0 spiro atoms. The van der Waals surface area contributed by atoms with E-state index in [-0.39, 0.29) is 5.84 Å². The van der Waals surface area contributed by atoms with E-state index in [1.807, 2.05) is 18.2 Å². The quantitative estimate of drug-likeness (QED) is 0.626. The Morgan fingerprint density at radius 2 is 1.85 bits per heavy atom. The highest BCUT2D eigenvalue weighted by Gasteiger charge is 2.16. The maximum absolute atomic E-state index is 7.82. The van der Waals surface area contributed by atoms with E-state index in [1.54, 1.807) is 6.20 Å². The molecule has 0 aliphatic rings. The van der Waals surface area contributed by atoms with Crippen LogP contribution in [0, 0.1) is 5.41 Å². The van der Waals surface area contributed by atoms with Gasteiger partial charge in [-0.25, -0.2) is 0 Å². The highest BCUT2D eigenvalue weighted by Crippen LogP contribution is 2.29. The van der Waals surface area contributed by atoms with Crippen LogP contribution in [0.15, 0.2) is 30.5 Å². The summed E-state index contributed by atoms with van der Waals surface area (Å²) < 4.78 is 0. The highest BCUT2D eigenvalue weighted by molar-refractivity contribution is 6.07. The first kappa shape index (κ1) is 14.3. The van der Waals surface area contributed by atoms with Gasteiger partial charge in [0.25, 0.3) is 0 Å². The van der Waals surface area contributed by atoms with E-state index in [9.17, 15) is 0 Å². The number of aromatic nitrogens is 1. The van der Waals surface area contributed by atoms with E-state index in [0.29, 0.717) is 0 Å². The standard InChI is InChI=1S/C16H22N4/c1-3-9-20(10-4-2)15-12-7-5-6-8-14(12)19-11-13(15)16(17)18/h5-8,11H,3-4,9-10H2,1-2H3,(H3,17,18). The van der Waals surface area contributed by atoms with Gasteiger partial charge in [0.15, 0.2) is 0 Å². The van der Waals surface area contributed by atoms with Crippen LogP contribution < -0.4 is 10.6 Å². The molecule has 1 aromatic carbocycles. The number of nitrogens with zero attached hydrogens (tertiary/aromatic N) is 2. The minimum atomic E-state index is 0.0791. The van der Waals surface area contributed by atoms with Gasteiger partial charge < -0.3 is 10.6 Å². The van der Waals surface area contributed by atoms with Crippen molar-refractivity contribution >= 4 is 22.4 Å². The molecule has 1 heterocycles. The lowest BCUT2D eigenvalue weighted by Crippen LogP contribution is -2.28. The first-order valence-corrected chi connectivity index (χ1v) is 7.16. The molecule has 0 atom stereocenters. The maximum atomic E-state index is 7.82. The van der Waals surface area contributed by atoms with Crippen molar-refractivity contribution in [2.75, 3.05) is 18.0 Å². The minimum absolute atomic E-state index is 0.0791. The number of hydrogen-bond acceptors (Lipinski definition) is 3. The zero-order valence-electron chi connectivity index (χ0n) is 12.2. The van der Waals surface area contributed by atoms with E-state index in [1.165, 1.54) is 0 Å². The molecule has 4 heteroatoms. The van der Waals surface area contributed by atoms with Crippen LogP contribution in [0.5, 0.6) is 0 Å². The number of para-hydroxylation sites is 1. The van der Waals surface area contributed by atoms with Gasteiger partial charge in [0.1, 0.15) is 5.84 Å². The molecule has 0 amide bonds. The number of anilines is 1. The van der Waals surface area contributed by atoms with Crippen molar-refractivity contribution in [1.82, 2.24) is 4.98 Å². The summed E-state index contributed by atoms with van der Waals surface area (Å²) in [6.07, 6.45) is 3.85. The fourth-order valence-electron chi connectivity index (χ4n) is 2.54. The average Bonchev–Trinajstić information content (AvgIpc) is 2.45. The Morgan fingerprint density at radius 1 is 1.20 bits per heavy atom. The molecule has 4 nitrogen and oxygen atoms in total. The highest BCUT2D eigenvalue weighted by atomic mass is 15.1. The molecule has 20 heavy (non-hydrogen) atoms. The molecule has 2 aromatic rings. The lowest BCUT2D eigenvalue weighted by Gasteiger charge is -2.27. The molecule has 0 aliphatic carbocycles. The van der Waals surface area contributed by atoms with E-state index in [4.69, 9.17) is 11.1 Å². The average molecular weight is 270 g/mol. The van der Waals surface area contributed by atoms with Crippen LogP contribution in [0.4, 0.5) is 5.69 Å². The predicted octanol–water partition coefficient (Wildman–Crippen LogP) is 3.15. The summed E-state index contributed by atoms with van der Waals surface area (Å²) in [5, 5.41) is 8.89. The second kappa shape index (κ2) is 6.37. The molecule has 0 radical (unpaired) electrons. The van der Waals surface area contributed by atoms with Crippen molar-refractivity contribution in [3.8, 4) is 0 Å². The summed E-state index contributed by atoms with van der Waals surface area (Å²) in [5.74, 6) is 0.0791. The second-order valence-corrected chi connectivity index (χ2v) is 4.94. The number of benzene rings is 1.